The van der Waals surface area contributed by atoms with Crippen molar-refractivity contribution < 1.29 is 0 Å². The van der Waals surface area contributed by atoms with Crippen LogP contribution in [0.5, 0.6) is 0 Å². The lowest BCUT2D eigenvalue weighted by molar-refractivity contribution is 0.574. The molecular weight excluding hydrogens is 345 g/mol. The van der Waals surface area contributed by atoms with Gasteiger partial charge in [0.1, 0.15) is 0 Å². The zero-order chi connectivity index (χ0) is 13.8. The zero-order valence-corrected chi connectivity index (χ0v) is 13.6. The molecule has 1 atom stereocenters. The van der Waals surface area contributed by atoms with Crippen molar-refractivity contribution in [2.24, 2.45) is 0 Å². The quantitative estimate of drug-likeness (QED) is 0.749. The molecule has 2 aromatic rings. The summed E-state index contributed by atoms with van der Waals surface area (Å²) in [5.41, 5.74) is 2.38. The summed E-state index contributed by atoms with van der Waals surface area (Å²) in [5.74, 6) is 0. The summed E-state index contributed by atoms with van der Waals surface area (Å²) in [5, 5.41) is 4.65. The minimum absolute atomic E-state index is 0.280. The largest absolute Gasteiger partial charge is 0.306 e. The first-order valence-electron chi connectivity index (χ1n) is 5.99. The Bertz CT molecular complexity index is 555. The molecule has 0 radical (unpaired) electrons. The Labute approximate surface area is 132 Å². The third-order valence-corrected chi connectivity index (χ3v) is 4.23. The number of benzene rings is 2. The minimum atomic E-state index is 0.280. The molecule has 0 fully saturated rings. The van der Waals surface area contributed by atoms with Crippen LogP contribution in [0.15, 0.2) is 46.9 Å². The number of hydrogen-bond acceptors (Lipinski definition) is 1. The SMILES string of the molecule is CC(NCc1ccc(Cl)c(Cl)c1)c1ccc(Br)cc1. The van der Waals surface area contributed by atoms with E-state index < -0.39 is 0 Å². The second-order valence-corrected chi connectivity index (χ2v) is 6.13. The van der Waals surface area contributed by atoms with Crippen molar-refractivity contribution in [2.75, 3.05) is 0 Å². The molecule has 2 aromatic carbocycles. The van der Waals surface area contributed by atoms with Crippen molar-refractivity contribution >= 4 is 39.1 Å². The molecule has 1 N–H and O–H groups in total. The monoisotopic (exact) mass is 357 g/mol. The van der Waals surface area contributed by atoms with E-state index in [4.69, 9.17) is 23.2 Å². The van der Waals surface area contributed by atoms with Gasteiger partial charge < -0.3 is 5.32 Å². The van der Waals surface area contributed by atoms with Crippen LogP contribution in [-0.4, -0.2) is 0 Å². The van der Waals surface area contributed by atoms with Gasteiger partial charge in [-0.05, 0) is 42.3 Å². The Morgan fingerprint density at radius 1 is 1.05 bits per heavy atom. The van der Waals surface area contributed by atoms with Crippen LogP contribution >= 0.6 is 39.1 Å². The second-order valence-electron chi connectivity index (χ2n) is 4.40. The van der Waals surface area contributed by atoms with E-state index in [9.17, 15) is 0 Å². The van der Waals surface area contributed by atoms with Crippen molar-refractivity contribution in [1.82, 2.24) is 5.32 Å². The highest BCUT2D eigenvalue weighted by Crippen LogP contribution is 2.23. The molecule has 0 heterocycles. The third kappa shape index (κ3) is 4.22. The molecule has 0 aliphatic rings. The van der Waals surface area contributed by atoms with Gasteiger partial charge in [-0.2, -0.15) is 0 Å². The molecule has 2 rings (SSSR count). The van der Waals surface area contributed by atoms with Crippen LogP contribution in [0.3, 0.4) is 0 Å². The van der Waals surface area contributed by atoms with E-state index in [0.717, 1.165) is 16.6 Å². The maximum atomic E-state index is 6.00. The summed E-state index contributed by atoms with van der Waals surface area (Å²) in [6.07, 6.45) is 0. The highest BCUT2D eigenvalue weighted by molar-refractivity contribution is 9.10. The van der Waals surface area contributed by atoms with Crippen molar-refractivity contribution in [3.8, 4) is 0 Å². The lowest BCUT2D eigenvalue weighted by Gasteiger charge is -2.14. The molecular formula is C15H14BrCl2N. The molecule has 19 heavy (non-hydrogen) atoms. The van der Waals surface area contributed by atoms with E-state index in [1.54, 1.807) is 0 Å². The minimum Gasteiger partial charge on any atom is -0.306 e. The topological polar surface area (TPSA) is 12.0 Å². The molecule has 0 spiro atoms. The van der Waals surface area contributed by atoms with Crippen LogP contribution in [0.2, 0.25) is 10.0 Å². The van der Waals surface area contributed by atoms with Crippen LogP contribution < -0.4 is 5.32 Å². The normalized spacial score (nSPS) is 12.4. The van der Waals surface area contributed by atoms with Gasteiger partial charge in [-0.3, -0.25) is 0 Å². The van der Waals surface area contributed by atoms with Gasteiger partial charge in [0.2, 0.25) is 0 Å². The molecule has 0 amide bonds. The van der Waals surface area contributed by atoms with Crippen molar-refractivity contribution in [2.45, 2.75) is 19.5 Å². The Hall–Kier alpha value is -0.540. The fraction of sp³-hybridized carbons (Fsp3) is 0.200. The van der Waals surface area contributed by atoms with Gasteiger partial charge >= 0.3 is 0 Å². The van der Waals surface area contributed by atoms with Gasteiger partial charge in [0, 0.05) is 17.1 Å². The highest BCUT2D eigenvalue weighted by atomic mass is 79.9. The molecule has 0 aromatic heterocycles. The molecule has 0 bridgehead atoms. The molecule has 100 valence electrons. The van der Waals surface area contributed by atoms with Crippen molar-refractivity contribution in [3.63, 3.8) is 0 Å². The summed E-state index contributed by atoms with van der Waals surface area (Å²) in [7, 11) is 0. The predicted molar refractivity (Wildman–Crippen MR) is 85.9 cm³/mol. The fourth-order valence-electron chi connectivity index (χ4n) is 1.79. The maximum Gasteiger partial charge on any atom is 0.0595 e. The lowest BCUT2D eigenvalue weighted by Crippen LogP contribution is -2.17. The van der Waals surface area contributed by atoms with Crippen LogP contribution in [0.25, 0.3) is 0 Å². The first-order chi connectivity index (χ1) is 9.06. The first-order valence-corrected chi connectivity index (χ1v) is 7.54. The standard InChI is InChI=1S/C15H14BrCl2N/c1-10(12-3-5-13(16)6-4-12)19-9-11-2-7-14(17)15(18)8-11/h2-8,10,19H,9H2,1H3. The van der Waals surface area contributed by atoms with Gasteiger partial charge in [-0.15, -0.1) is 0 Å². The van der Waals surface area contributed by atoms with Gasteiger partial charge in [-0.1, -0.05) is 57.3 Å². The smallest absolute Gasteiger partial charge is 0.0595 e. The molecule has 0 aliphatic heterocycles. The Balaban J connectivity index is 1.98. The predicted octanol–water partition coefficient (Wildman–Crippen LogP) is 5.61. The van der Waals surface area contributed by atoms with Crippen LogP contribution in [-0.2, 0) is 6.54 Å². The molecule has 4 heteroatoms. The summed E-state index contributed by atoms with van der Waals surface area (Å²) < 4.78 is 1.09. The van der Waals surface area contributed by atoms with E-state index in [-0.39, 0.29) is 6.04 Å². The maximum absolute atomic E-state index is 6.00. The molecule has 1 nitrogen and oxygen atoms in total. The zero-order valence-electron chi connectivity index (χ0n) is 10.5. The Morgan fingerprint density at radius 3 is 2.37 bits per heavy atom. The van der Waals surface area contributed by atoms with Crippen LogP contribution in [0, 0.1) is 0 Å². The summed E-state index contributed by atoms with van der Waals surface area (Å²) in [4.78, 5) is 0. The summed E-state index contributed by atoms with van der Waals surface area (Å²) >= 11 is 15.3. The third-order valence-electron chi connectivity index (χ3n) is 2.97. The number of halogens is 3. The van der Waals surface area contributed by atoms with Gasteiger partial charge in [0.25, 0.3) is 0 Å². The second kappa shape index (κ2) is 6.76. The van der Waals surface area contributed by atoms with Gasteiger partial charge in [0.15, 0.2) is 0 Å². The molecule has 0 saturated heterocycles. The van der Waals surface area contributed by atoms with Gasteiger partial charge in [0.05, 0.1) is 10.0 Å². The van der Waals surface area contributed by atoms with E-state index in [2.05, 4.69) is 40.3 Å². The molecule has 0 aliphatic carbocycles. The summed E-state index contributed by atoms with van der Waals surface area (Å²) in [6, 6.07) is 14.3. The summed E-state index contributed by atoms with van der Waals surface area (Å²) in [6.45, 7) is 2.90. The van der Waals surface area contributed by atoms with E-state index in [0.29, 0.717) is 10.0 Å². The van der Waals surface area contributed by atoms with E-state index >= 15 is 0 Å². The number of rotatable bonds is 4. The lowest BCUT2D eigenvalue weighted by atomic mass is 10.1. The van der Waals surface area contributed by atoms with Crippen molar-refractivity contribution in [3.05, 3.63) is 68.1 Å². The van der Waals surface area contributed by atoms with Crippen molar-refractivity contribution in [1.29, 1.82) is 0 Å². The average Bonchev–Trinajstić information content (AvgIpc) is 2.40. The number of hydrogen-bond donors (Lipinski definition) is 1. The Morgan fingerprint density at radius 2 is 1.74 bits per heavy atom. The average molecular weight is 359 g/mol. The molecule has 1 unspecified atom stereocenters. The fourth-order valence-corrected chi connectivity index (χ4v) is 2.37. The molecule has 0 saturated carbocycles. The van der Waals surface area contributed by atoms with Gasteiger partial charge in [-0.25, -0.2) is 0 Å². The number of nitrogens with one attached hydrogen (secondary N) is 1. The Kier molecular flexibility index (Phi) is 5.28. The van der Waals surface area contributed by atoms with E-state index in [1.807, 2.05) is 30.3 Å². The first kappa shape index (κ1) is 14.9. The van der Waals surface area contributed by atoms with Crippen LogP contribution in [0.4, 0.5) is 0 Å². The van der Waals surface area contributed by atoms with Crippen LogP contribution in [0.1, 0.15) is 24.1 Å². The highest BCUT2D eigenvalue weighted by Gasteiger charge is 2.05. The van der Waals surface area contributed by atoms with E-state index in [1.165, 1.54) is 5.56 Å².